The van der Waals surface area contributed by atoms with Crippen molar-refractivity contribution in [2.45, 2.75) is 44.6 Å². The number of hydrogen-bond donors (Lipinski definition) is 2. The number of nitrogens with one attached hydrogen (secondary N) is 2. The molecule has 0 bridgehead atoms. The molecule has 5 rings (SSSR count). The molecule has 0 saturated carbocycles. The number of aryl methyl sites for hydroxylation is 1. The Bertz CT molecular complexity index is 1840. The van der Waals surface area contributed by atoms with Gasteiger partial charge in [-0.15, -0.1) is 0 Å². The van der Waals surface area contributed by atoms with Gasteiger partial charge in [-0.05, 0) is 60.9 Å². The molecule has 0 aliphatic carbocycles. The van der Waals surface area contributed by atoms with Crippen molar-refractivity contribution in [3.05, 3.63) is 111 Å². The van der Waals surface area contributed by atoms with Gasteiger partial charge in [-0.3, -0.25) is 29.1 Å². The first kappa shape index (κ1) is 30.1. The molecular formula is C31H25F3N4O6. The minimum absolute atomic E-state index is 0.00671. The summed E-state index contributed by atoms with van der Waals surface area (Å²) in [7, 11) is 0. The summed E-state index contributed by atoms with van der Waals surface area (Å²) in [6.07, 6.45) is -5.10. The number of nitrogens with zero attached hydrogens (tertiary/aromatic N) is 2. The van der Waals surface area contributed by atoms with E-state index in [1.54, 1.807) is 36.4 Å². The van der Waals surface area contributed by atoms with Crippen LogP contribution >= 0.6 is 0 Å². The quantitative estimate of drug-likeness (QED) is 0.187. The van der Waals surface area contributed by atoms with E-state index in [9.17, 15) is 37.1 Å². The minimum Gasteiger partial charge on any atom is -0.459 e. The fourth-order valence-corrected chi connectivity index (χ4v) is 5.04. The Hall–Kier alpha value is -5.33. The maximum Gasteiger partial charge on any atom is 0.416 e. The Morgan fingerprint density at radius 1 is 1.00 bits per heavy atom. The number of imide groups is 1. The Kier molecular flexibility index (Phi) is 8.05. The largest absolute Gasteiger partial charge is 0.459 e. The molecule has 226 valence electrons. The van der Waals surface area contributed by atoms with E-state index in [1.807, 2.05) is 0 Å². The Labute approximate surface area is 247 Å². The van der Waals surface area contributed by atoms with E-state index < -0.39 is 46.5 Å². The summed E-state index contributed by atoms with van der Waals surface area (Å²) in [5.74, 6) is -3.25. The van der Waals surface area contributed by atoms with Crippen LogP contribution in [-0.2, 0) is 44.0 Å². The number of rotatable bonds is 7. The van der Waals surface area contributed by atoms with Crippen LogP contribution < -0.4 is 16.2 Å². The molecular weight excluding hydrogens is 581 g/mol. The fourth-order valence-electron chi connectivity index (χ4n) is 5.04. The highest BCUT2D eigenvalue weighted by Crippen LogP contribution is 2.31. The molecule has 13 heteroatoms. The van der Waals surface area contributed by atoms with Gasteiger partial charge in [-0.2, -0.15) is 13.2 Å². The molecule has 1 aliphatic heterocycles. The number of hydrogen-bond acceptors (Lipinski definition) is 7. The highest BCUT2D eigenvalue weighted by Gasteiger charge is 2.54. The second-order valence-electron chi connectivity index (χ2n) is 10.2. The summed E-state index contributed by atoms with van der Waals surface area (Å²) in [6, 6.07) is 17.0. The van der Waals surface area contributed by atoms with E-state index in [1.165, 1.54) is 19.1 Å². The third-order valence-corrected chi connectivity index (χ3v) is 7.30. The van der Waals surface area contributed by atoms with Gasteiger partial charge < -0.3 is 10.1 Å². The number of piperidine rings is 1. The van der Waals surface area contributed by atoms with Crippen LogP contribution in [0.1, 0.15) is 45.7 Å². The average molecular weight is 607 g/mol. The smallest absolute Gasteiger partial charge is 0.416 e. The molecule has 0 radical (unpaired) electrons. The molecule has 3 aromatic carbocycles. The fraction of sp³-hybridized carbons (Fsp3) is 0.226. The summed E-state index contributed by atoms with van der Waals surface area (Å²) >= 11 is 0. The molecule has 3 amide bonds. The highest BCUT2D eigenvalue weighted by molar-refractivity contribution is 6.13. The molecule has 0 unspecified atom stereocenters. The summed E-state index contributed by atoms with van der Waals surface area (Å²) in [5, 5.41) is 4.76. The molecule has 10 nitrogen and oxygen atoms in total. The van der Waals surface area contributed by atoms with Gasteiger partial charge in [0.25, 0.3) is 17.4 Å². The van der Waals surface area contributed by atoms with Crippen molar-refractivity contribution >= 4 is 34.6 Å². The van der Waals surface area contributed by atoms with Crippen molar-refractivity contribution in [2.24, 2.45) is 0 Å². The van der Waals surface area contributed by atoms with E-state index in [2.05, 4.69) is 15.6 Å². The van der Waals surface area contributed by atoms with Crippen molar-refractivity contribution in [1.82, 2.24) is 20.2 Å². The van der Waals surface area contributed by atoms with Crippen LogP contribution in [0.25, 0.3) is 10.9 Å². The maximum atomic E-state index is 14.0. The lowest BCUT2D eigenvalue weighted by molar-refractivity contribution is -0.164. The second kappa shape index (κ2) is 11.7. The number of carbonyl (C=O) groups excluding carboxylic acids is 4. The Morgan fingerprint density at radius 3 is 2.36 bits per heavy atom. The number of ether oxygens (including phenoxy) is 1. The third kappa shape index (κ3) is 5.80. The van der Waals surface area contributed by atoms with Crippen LogP contribution in [-0.4, -0.2) is 33.2 Å². The van der Waals surface area contributed by atoms with Gasteiger partial charge in [0, 0.05) is 18.5 Å². The summed E-state index contributed by atoms with van der Waals surface area (Å²) < 4.78 is 45.0. The Balaban J connectivity index is 1.46. The zero-order valence-corrected chi connectivity index (χ0v) is 23.2. The molecule has 1 fully saturated rings. The molecule has 1 aromatic heterocycles. The van der Waals surface area contributed by atoms with E-state index >= 15 is 0 Å². The van der Waals surface area contributed by atoms with E-state index in [-0.39, 0.29) is 48.3 Å². The van der Waals surface area contributed by atoms with E-state index in [4.69, 9.17) is 4.74 Å². The zero-order chi connectivity index (χ0) is 31.6. The summed E-state index contributed by atoms with van der Waals surface area (Å²) in [6.45, 7) is 1.18. The molecule has 2 heterocycles. The lowest BCUT2D eigenvalue weighted by atomic mass is 9.87. The van der Waals surface area contributed by atoms with Gasteiger partial charge in [0.1, 0.15) is 12.4 Å². The molecule has 1 saturated heterocycles. The average Bonchev–Trinajstić information content (AvgIpc) is 3.00. The molecule has 44 heavy (non-hydrogen) atoms. The lowest BCUT2D eigenvalue weighted by Gasteiger charge is -2.35. The molecule has 0 spiro atoms. The predicted molar refractivity (Wildman–Crippen MR) is 150 cm³/mol. The number of alkyl halides is 3. The van der Waals surface area contributed by atoms with Crippen LogP contribution in [0.4, 0.5) is 13.2 Å². The van der Waals surface area contributed by atoms with Gasteiger partial charge in [0.15, 0.2) is 0 Å². The van der Waals surface area contributed by atoms with Crippen molar-refractivity contribution in [3.8, 4) is 0 Å². The van der Waals surface area contributed by atoms with Crippen molar-refractivity contribution in [1.29, 1.82) is 0 Å². The van der Waals surface area contributed by atoms with Gasteiger partial charge in [0.2, 0.25) is 11.4 Å². The monoisotopic (exact) mass is 606 g/mol. The van der Waals surface area contributed by atoms with Gasteiger partial charge in [0.05, 0.1) is 16.5 Å². The minimum atomic E-state index is -4.54. The van der Waals surface area contributed by atoms with Crippen molar-refractivity contribution in [2.75, 3.05) is 0 Å². The second-order valence-corrected chi connectivity index (χ2v) is 10.2. The Morgan fingerprint density at radius 2 is 1.70 bits per heavy atom. The zero-order valence-electron chi connectivity index (χ0n) is 23.2. The lowest BCUT2D eigenvalue weighted by Crippen LogP contribution is -2.62. The summed E-state index contributed by atoms with van der Waals surface area (Å²) in [4.78, 5) is 70.0. The third-order valence-electron chi connectivity index (χ3n) is 7.30. The number of amides is 3. The molecule has 1 atom stereocenters. The number of esters is 1. The standard InChI is InChI=1S/C31H25F3N4O6/c1-18-36-24-12-7-20(16-35-26(40)21-8-10-22(11-9-21)31(32,33)34)15-23(24)27(41)38(18)30(14-13-25(39)37-28(30)42)29(43)44-17-19-5-3-2-4-6-19/h2-12,15H,13-14,16-17H2,1H3,(H,35,40)(H,37,39,42)/t30-/m0/s1. The highest BCUT2D eigenvalue weighted by atomic mass is 19.4. The van der Waals surface area contributed by atoms with Crippen LogP contribution in [0, 0.1) is 6.92 Å². The number of benzene rings is 3. The normalized spacial score (nSPS) is 16.8. The van der Waals surface area contributed by atoms with E-state index in [0.717, 1.165) is 28.8 Å². The van der Waals surface area contributed by atoms with Gasteiger partial charge in [-0.25, -0.2) is 9.78 Å². The van der Waals surface area contributed by atoms with Crippen LogP contribution in [0.3, 0.4) is 0 Å². The first-order valence-corrected chi connectivity index (χ1v) is 13.4. The first-order valence-electron chi connectivity index (χ1n) is 13.4. The first-order chi connectivity index (χ1) is 20.9. The SMILES string of the molecule is Cc1nc2ccc(CNC(=O)c3ccc(C(F)(F)F)cc3)cc2c(=O)n1[C@@]1(C(=O)OCc2ccccc2)CCC(=O)NC1=O. The maximum absolute atomic E-state index is 14.0. The van der Waals surface area contributed by atoms with Crippen molar-refractivity contribution in [3.63, 3.8) is 0 Å². The molecule has 2 N–H and O–H groups in total. The number of halogens is 3. The predicted octanol–water partition coefficient (Wildman–Crippen LogP) is 3.53. The molecule has 1 aliphatic rings. The molecule has 4 aromatic rings. The number of carbonyl (C=O) groups is 4. The van der Waals surface area contributed by atoms with E-state index in [0.29, 0.717) is 11.1 Å². The van der Waals surface area contributed by atoms with Crippen LogP contribution in [0.15, 0.2) is 77.6 Å². The van der Waals surface area contributed by atoms with Gasteiger partial charge in [-0.1, -0.05) is 36.4 Å². The van der Waals surface area contributed by atoms with Crippen molar-refractivity contribution < 1.29 is 37.1 Å². The topological polar surface area (TPSA) is 136 Å². The van der Waals surface area contributed by atoms with Crippen LogP contribution in [0.5, 0.6) is 0 Å². The summed E-state index contributed by atoms with van der Waals surface area (Å²) in [5.41, 5.74) is -2.50. The van der Waals surface area contributed by atoms with Crippen LogP contribution in [0.2, 0.25) is 0 Å². The number of fused-ring (bicyclic) bond motifs is 1. The number of aromatic nitrogens is 2. The van der Waals surface area contributed by atoms with Gasteiger partial charge >= 0.3 is 12.1 Å².